The number of aromatic nitrogens is 2. The number of nitrogens with one attached hydrogen (secondary N) is 1. The second-order valence-electron chi connectivity index (χ2n) is 6.80. The van der Waals surface area contributed by atoms with Crippen molar-refractivity contribution in [1.82, 2.24) is 15.3 Å². The van der Waals surface area contributed by atoms with Crippen LogP contribution in [0.25, 0.3) is 11.0 Å². The number of nitrogens with zero attached hydrogens (tertiary/aromatic N) is 2. The van der Waals surface area contributed by atoms with Crippen LogP contribution in [0.15, 0.2) is 48.5 Å². The Labute approximate surface area is 152 Å². The lowest BCUT2D eigenvalue weighted by atomic mass is 9.88. The van der Waals surface area contributed by atoms with E-state index in [1.165, 1.54) is 0 Å². The third-order valence-electron chi connectivity index (χ3n) is 5.04. The first-order valence-electron chi connectivity index (χ1n) is 8.78. The first-order chi connectivity index (χ1) is 12.6. The normalized spacial score (nSPS) is 19.6. The third-order valence-corrected chi connectivity index (χ3v) is 5.04. The Morgan fingerprint density at radius 2 is 1.77 bits per heavy atom. The topological polar surface area (TPSA) is 64.1 Å². The summed E-state index contributed by atoms with van der Waals surface area (Å²) < 4.78 is 5.61. The Morgan fingerprint density at radius 3 is 2.46 bits per heavy atom. The highest BCUT2D eigenvalue weighted by Gasteiger charge is 2.38. The molecule has 4 rings (SSSR count). The summed E-state index contributed by atoms with van der Waals surface area (Å²) in [4.78, 5) is 22.0. The van der Waals surface area contributed by atoms with Crippen LogP contribution in [0.5, 0.6) is 0 Å². The third kappa shape index (κ3) is 2.95. The van der Waals surface area contributed by atoms with Crippen molar-refractivity contribution in [3.63, 3.8) is 0 Å². The maximum absolute atomic E-state index is 13.0. The molecule has 1 amide bonds. The molecule has 1 N–H and O–H groups in total. The quantitative estimate of drug-likeness (QED) is 0.790. The molecule has 0 radical (unpaired) electrons. The molecule has 2 aromatic carbocycles. The van der Waals surface area contributed by atoms with Gasteiger partial charge in [0, 0.05) is 18.6 Å². The molecule has 0 bridgehead atoms. The highest BCUT2D eigenvalue weighted by atomic mass is 16.5. The molecule has 1 atom stereocenters. The zero-order chi connectivity index (χ0) is 18.1. The van der Waals surface area contributed by atoms with E-state index in [1.54, 1.807) is 12.1 Å². The van der Waals surface area contributed by atoms with Gasteiger partial charge in [-0.1, -0.05) is 30.3 Å². The van der Waals surface area contributed by atoms with Crippen molar-refractivity contribution in [3.05, 3.63) is 71.0 Å². The minimum atomic E-state index is -0.484. The van der Waals surface area contributed by atoms with Crippen LogP contribution >= 0.6 is 0 Å². The Balaban J connectivity index is 1.67. The van der Waals surface area contributed by atoms with E-state index < -0.39 is 5.54 Å². The number of ether oxygens (including phenoxy) is 1. The van der Waals surface area contributed by atoms with Gasteiger partial charge in [0.1, 0.15) is 0 Å². The fourth-order valence-corrected chi connectivity index (χ4v) is 3.38. The van der Waals surface area contributed by atoms with Gasteiger partial charge in [-0.15, -0.1) is 0 Å². The summed E-state index contributed by atoms with van der Waals surface area (Å²) in [6, 6.07) is 15.5. The molecule has 1 saturated heterocycles. The smallest absolute Gasteiger partial charge is 0.252 e. The molecule has 1 unspecified atom stereocenters. The number of benzene rings is 2. The zero-order valence-electron chi connectivity index (χ0n) is 15.0. The van der Waals surface area contributed by atoms with Crippen molar-refractivity contribution in [2.75, 3.05) is 13.2 Å². The Kier molecular flexibility index (Phi) is 4.17. The molecule has 0 aliphatic carbocycles. The first-order valence-corrected chi connectivity index (χ1v) is 8.78. The first kappa shape index (κ1) is 16.7. The van der Waals surface area contributed by atoms with Gasteiger partial charge in [0.2, 0.25) is 0 Å². The van der Waals surface area contributed by atoms with Gasteiger partial charge in [-0.05, 0) is 37.6 Å². The highest BCUT2D eigenvalue weighted by molar-refractivity contribution is 5.97. The highest BCUT2D eigenvalue weighted by Crippen LogP contribution is 2.31. The van der Waals surface area contributed by atoms with E-state index in [9.17, 15) is 4.79 Å². The number of rotatable bonds is 3. The van der Waals surface area contributed by atoms with Crippen molar-refractivity contribution in [2.45, 2.75) is 25.8 Å². The van der Waals surface area contributed by atoms with Gasteiger partial charge in [0.25, 0.3) is 5.91 Å². The van der Waals surface area contributed by atoms with Crippen molar-refractivity contribution in [3.8, 4) is 0 Å². The van der Waals surface area contributed by atoms with E-state index in [0.29, 0.717) is 18.8 Å². The predicted octanol–water partition coefficient (Wildman–Crippen LogP) is 3.29. The van der Waals surface area contributed by atoms with E-state index in [4.69, 9.17) is 4.74 Å². The lowest BCUT2D eigenvalue weighted by Crippen LogP contribution is -2.46. The van der Waals surface area contributed by atoms with Gasteiger partial charge in [0.15, 0.2) is 0 Å². The van der Waals surface area contributed by atoms with Gasteiger partial charge < -0.3 is 10.1 Å². The molecule has 1 aliphatic heterocycles. The number of hydrogen-bond acceptors (Lipinski definition) is 4. The van der Waals surface area contributed by atoms with Crippen LogP contribution in [0.2, 0.25) is 0 Å². The second kappa shape index (κ2) is 6.50. The Bertz CT molecular complexity index is 964. The van der Waals surface area contributed by atoms with Crippen LogP contribution in [-0.2, 0) is 10.3 Å². The minimum Gasteiger partial charge on any atom is -0.379 e. The molecule has 1 fully saturated rings. The maximum atomic E-state index is 13.0. The summed E-state index contributed by atoms with van der Waals surface area (Å²) >= 11 is 0. The lowest BCUT2D eigenvalue weighted by molar-refractivity contribution is 0.0876. The number of carbonyl (C=O) groups is 1. The Morgan fingerprint density at radius 1 is 1.04 bits per heavy atom. The number of fused-ring (bicyclic) bond motifs is 1. The molecule has 5 heteroatoms. The van der Waals surface area contributed by atoms with Crippen LogP contribution < -0.4 is 5.32 Å². The zero-order valence-corrected chi connectivity index (χ0v) is 15.0. The van der Waals surface area contributed by atoms with E-state index >= 15 is 0 Å². The summed E-state index contributed by atoms with van der Waals surface area (Å²) in [6.07, 6.45) is 0.758. The summed E-state index contributed by atoms with van der Waals surface area (Å²) in [6.45, 7) is 4.98. The van der Waals surface area contributed by atoms with Crippen LogP contribution in [0, 0.1) is 13.8 Å². The van der Waals surface area contributed by atoms with Gasteiger partial charge >= 0.3 is 0 Å². The number of amides is 1. The van der Waals surface area contributed by atoms with E-state index in [2.05, 4.69) is 15.3 Å². The SMILES string of the molecule is Cc1nc2ccc(C(=O)NC3(c4ccccc4)CCOC3)cc2nc1C. The van der Waals surface area contributed by atoms with Crippen LogP contribution in [0.3, 0.4) is 0 Å². The standard InChI is InChI=1S/C21H21N3O2/c1-14-15(2)23-19-12-16(8-9-18(19)22-14)20(25)24-21(10-11-26-13-21)17-6-4-3-5-7-17/h3-9,12H,10-11,13H2,1-2H3,(H,24,25). The predicted molar refractivity (Wildman–Crippen MR) is 100 cm³/mol. The van der Waals surface area contributed by atoms with Crippen molar-refractivity contribution in [1.29, 1.82) is 0 Å². The van der Waals surface area contributed by atoms with Gasteiger partial charge in [-0.3, -0.25) is 4.79 Å². The summed E-state index contributed by atoms with van der Waals surface area (Å²) in [5.41, 5.74) is 4.47. The fourth-order valence-electron chi connectivity index (χ4n) is 3.38. The number of aryl methyl sites for hydroxylation is 2. The molecule has 132 valence electrons. The number of hydrogen-bond donors (Lipinski definition) is 1. The fraction of sp³-hybridized carbons (Fsp3) is 0.286. The molecular weight excluding hydrogens is 326 g/mol. The molecular formula is C21H21N3O2. The summed E-state index contributed by atoms with van der Waals surface area (Å²) in [5, 5.41) is 3.20. The molecule has 1 aromatic heterocycles. The van der Waals surface area contributed by atoms with Crippen molar-refractivity contribution >= 4 is 16.9 Å². The van der Waals surface area contributed by atoms with E-state index in [0.717, 1.165) is 34.4 Å². The molecule has 2 heterocycles. The average Bonchev–Trinajstić information content (AvgIpc) is 3.13. The van der Waals surface area contributed by atoms with Crippen LogP contribution in [0.4, 0.5) is 0 Å². The Hall–Kier alpha value is -2.79. The van der Waals surface area contributed by atoms with Crippen LogP contribution in [-0.4, -0.2) is 29.1 Å². The molecule has 0 saturated carbocycles. The molecule has 5 nitrogen and oxygen atoms in total. The summed E-state index contributed by atoms with van der Waals surface area (Å²) in [7, 11) is 0. The minimum absolute atomic E-state index is 0.124. The molecule has 3 aromatic rings. The van der Waals surface area contributed by atoms with E-state index in [-0.39, 0.29) is 5.91 Å². The lowest BCUT2D eigenvalue weighted by Gasteiger charge is -2.29. The van der Waals surface area contributed by atoms with Crippen molar-refractivity contribution in [2.24, 2.45) is 0 Å². The number of carbonyl (C=O) groups excluding carboxylic acids is 1. The molecule has 26 heavy (non-hydrogen) atoms. The second-order valence-corrected chi connectivity index (χ2v) is 6.80. The maximum Gasteiger partial charge on any atom is 0.252 e. The largest absolute Gasteiger partial charge is 0.379 e. The monoisotopic (exact) mass is 347 g/mol. The summed E-state index contributed by atoms with van der Waals surface area (Å²) in [5.74, 6) is -0.124. The average molecular weight is 347 g/mol. The van der Waals surface area contributed by atoms with E-state index in [1.807, 2.05) is 50.2 Å². The van der Waals surface area contributed by atoms with Gasteiger partial charge in [-0.25, -0.2) is 9.97 Å². The van der Waals surface area contributed by atoms with Crippen LogP contribution in [0.1, 0.15) is 33.7 Å². The van der Waals surface area contributed by atoms with Gasteiger partial charge in [-0.2, -0.15) is 0 Å². The van der Waals surface area contributed by atoms with Crippen molar-refractivity contribution < 1.29 is 9.53 Å². The molecule has 1 aliphatic rings. The van der Waals surface area contributed by atoms with Gasteiger partial charge in [0.05, 0.1) is 34.6 Å². The molecule has 0 spiro atoms.